The molecule has 0 bridgehead atoms. The molecule has 1 saturated carbocycles. The number of carbonyl (C=O) groups is 1. The van der Waals surface area contributed by atoms with Crippen molar-refractivity contribution in [2.75, 3.05) is 13.1 Å². The molecule has 0 spiro atoms. The number of hydrogen-bond acceptors (Lipinski definition) is 3. The maximum Gasteiger partial charge on any atom is 0.254 e. The van der Waals surface area contributed by atoms with Crippen molar-refractivity contribution in [3.8, 4) is 0 Å². The van der Waals surface area contributed by atoms with Crippen LogP contribution < -0.4 is 5.73 Å². The number of nitrogens with two attached hydrogens (primary N) is 1. The molecule has 0 unspecified atom stereocenters. The number of fused-ring (bicyclic) bond motifs is 1. The zero-order valence-electron chi connectivity index (χ0n) is 11.5. The predicted octanol–water partition coefficient (Wildman–Crippen LogP) is 2.19. The van der Waals surface area contributed by atoms with Crippen molar-refractivity contribution in [1.82, 2.24) is 9.88 Å². The summed E-state index contributed by atoms with van der Waals surface area (Å²) in [4.78, 5) is 19.1. The van der Waals surface area contributed by atoms with Crippen LogP contribution in [0.5, 0.6) is 0 Å². The fourth-order valence-electron chi connectivity index (χ4n) is 2.53. The van der Waals surface area contributed by atoms with Gasteiger partial charge in [-0.1, -0.05) is 18.2 Å². The molecule has 1 amide bonds. The standard InChI is InChI=1S/C16H19N3O/c17-9-3-11-19(12-6-7-12)16(20)14-8-10-18-15-5-2-1-4-13(14)15/h1-2,4-5,8,10,12H,3,6-7,9,11,17H2. The van der Waals surface area contributed by atoms with Gasteiger partial charge in [-0.3, -0.25) is 9.78 Å². The Morgan fingerprint density at radius 2 is 2.10 bits per heavy atom. The van der Waals surface area contributed by atoms with Crippen molar-refractivity contribution in [3.05, 3.63) is 42.1 Å². The van der Waals surface area contributed by atoms with E-state index in [4.69, 9.17) is 5.73 Å². The molecule has 4 heteroatoms. The molecule has 1 fully saturated rings. The Morgan fingerprint density at radius 3 is 2.85 bits per heavy atom. The van der Waals surface area contributed by atoms with Crippen molar-refractivity contribution < 1.29 is 4.79 Å². The molecule has 4 nitrogen and oxygen atoms in total. The van der Waals surface area contributed by atoms with Crippen molar-refractivity contribution in [2.45, 2.75) is 25.3 Å². The molecule has 1 aliphatic carbocycles. The van der Waals surface area contributed by atoms with Gasteiger partial charge in [-0.25, -0.2) is 0 Å². The lowest BCUT2D eigenvalue weighted by atomic mass is 10.1. The highest BCUT2D eigenvalue weighted by atomic mass is 16.2. The Balaban J connectivity index is 1.94. The van der Waals surface area contributed by atoms with Crippen LogP contribution in [0.1, 0.15) is 29.6 Å². The topological polar surface area (TPSA) is 59.2 Å². The van der Waals surface area contributed by atoms with Crippen molar-refractivity contribution in [1.29, 1.82) is 0 Å². The highest BCUT2D eigenvalue weighted by molar-refractivity contribution is 6.06. The van der Waals surface area contributed by atoms with Gasteiger partial charge in [0.25, 0.3) is 5.91 Å². The van der Waals surface area contributed by atoms with Crippen LogP contribution in [-0.2, 0) is 0 Å². The third kappa shape index (κ3) is 2.51. The molecule has 20 heavy (non-hydrogen) atoms. The monoisotopic (exact) mass is 269 g/mol. The Hall–Kier alpha value is -1.94. The van der Waals surface area contributed by atoms with Gasteiger partial charge in [-0.2, -0.15) is 0 Å². The molecule has 0 aliphatic heterocycles. The average molecular weight is 269 g/mol. The van der Waals surface area contributed by atoms with Gasteiger partial charge in [-0.05, 0) is 37.9 Å². The summed E-state index contributed by atoms with van der Waals surface area (Å²) < 4.78 is 0. The normalized spacial score (nSPS) is 14.4. The molecule has 3 rings (SSSR count). The second kappa shape index (κ2) is 5.59. The van der Waals surface area contributed by atoms with Crippen molar-refractivity contribution >= 4 is 16.8 Å². The van der Waals surface area contributed by atoms with E-state index >= 15 is 0 Å². The van der Waals surface area contributed by atoms with Gasteiger partial charge in [0.05, 0.1) is 11.1 Å². The van der Waals surface area contributed by atoms with Crippen LogP contribution in [-0.4, -0.2) is 34.9 Å². The Labute approximate surface area is 118 Å². The molecule has 104 valence electrons. The summed E-state index contributed by atoms with van der Waals surface area (Å²) in [5.41, 5.74) is 7.20. The third-order valence-corrected chi connectivity index (χ3v) is 3.73. The van der Waals surface area contributed by atoms with E-state index in [2.05, 4.69) is 4.98 Å². The molecule has 0 saturated heterocycles. The number of hydrogen-bond donors (Lipinski definition) is 1. The first-order chi connectivity index (χ1) is 9.81. The molecule has 2 N–H and O–H groups in total. The molecule has 0 atom stereocenters. The quantitative estimate of drug-likeness (QED) is 0.905. The number of carbonyl (C=O) groups excluding carboxylic acids is 1. The van der Waals surface area contributed by atoms with Crippen molar-refractivity contribution in [3.63, 3.8) is 0 Å². The molecule has 1 aromatic carbocycles. The van der Waals surface area contributed by atoms with E-state index in [1.54, 1.807) is 6.20 Å². The van der Waals surface area contributed by atoms with Gasteiger partial charge >= 0.3 is 0 Å². The van der Waals surface area contributed by atoms with Crippen molar-refractivity contribution in [2.24, 2.45) is 5.73 Å². The average Bonchev–Trinajstić information content (AvgIpc) is 3.31. The van der Waals surface area contributed by atoms with Gasteiger partial charge in [0, 0.05) is 24.2 Å². The maximum absolute atomic E-state index is 12.8. The summed E-state index contributed by atoms with van der Waals surface area (Å²) >= 11 is 0. The van der Waals surface area contributed by atoms with Gasteiger partial charge in [0.2, 0.25) is 0 Å². The van der Waals surface area contributed by atoms with E-state index in [1.165, 1.54) is 0 Å². The zero-order valence-corrected chi connectivity index (χ0v) is 11.5. The van der Waals surface area contributed by atoms with Crippen LogP contribution >= 0.6 is 0 Å². The fourth-order valence-corrected chi connectivity index (χ4v) is 2.53. The first-order valence-electron chi connectivity index (χ1n) is 7.16. The van der Waals surface area contributed by atoms with Crippen LogP contribution in [0, 0.1) is 0 Å². The van der Waals surface area contributed by atoms with Crippen LogP contribution in [0.4, 0.5) is 0 Å². The van der Waals surface area contributed by atoms with E-state index in [-0.39, 0.29) is 5.91 Å². The highest BCUT2D eigenvalue weighted by Gasteiger charge is 2.33. The lowest BCUT2D eigenvalue weighted by molar-refractivity contribution is 0.0744. The minimum Gasteiger partial charge on any atom is -0.336 e. The summed E-state index contributed by atoms with van der Waals surface area (Å²) in [6, 6.07) is 10.0. The summed E-state index contributed by atoms with van der Waals surface area (Å²) in [5, 5.41) is 0.929. The Morgan fingerprint density at radius 1 is 1.30 bits per heavy atom. The molecule has 0 radical (unpaired) electrons. The van der Waals surface area contributed by atoms with Gasteiger partial charge in [-0.15, -0.1) is 0 Å². The number of benzene rings is 1. The first kappa shape index (κ1) is 13.1. The lowest BCUT2D eigenvalue weighted by Crippen LogP contribution is -2.35. The number of amides is 1. The SMILES string of the molecule is NCCCN(C(=O)c1ccnc2ccccc12)C1CC1. The highest BCUT2D eigenvalue weighted by Crippen LogP contribution is 2.29. The number of para-hydroxylation sites is 1. The molecule has 1 heterocycles. The van der Waals surface area contributed by atoms with Gasteiger partial charge in [0.15, 0.2) is 0 Å². The summed E-state index contributed by atoms with van der Waals surface area (Å²) in [5.74, 6) is 0.111. The minimum atomic E-state index is 0.111. The maximum atomic E-state index is 12.8. The molecule has 1 aliphatic rings. The number of aromatic nitrogens is 1. The molecular formula is C16H19N3O. The Bertz CT molecular complexity index is 617. The largest absolute Gasteiger partial charge is 0.336 e. The molecule has 1 aromatic heterocycles. The number of rotatable bonds is 5. The zero-order chi connectivity index (χ0) is 13.9. The van der Waals surface area contributed by atoms with E-state index in [1.807, 2.05) is 35.2 Å². The van der Waals surface area contributed by atoms with E-state index < -0.39 is 0 Å². The number of pyridine rings is 1. The predicted molar refractivity (Wildman–Crippen MR) is 79.5 cm³/mol. The second-order valence-electron chi connectivity index (χ2n) is 5.25. The van der Waals surface area contributed by atoms with Crippen LogP contribution in [0.25, 0.3) is 10.9 Å². The summed E-state index contributed by atoms with van der Waals surface area (Å²) in [7, 11) is 0. The van der Waals surface area contributed by atoms with Crippen LogP contribution in [0.3, 0.4) is 0 Å². The smallest absolute Gasteiger partial charge is 0.254 e. The molecular weight excluding hydrogens is 250 g/mol. The first-order valence-corrected chi connectivity index (χ1v) is 7.16. The minimum absolute atomic E-state index is 0.111. The summed E-state index contributed by atoms with van der Waals surface area (Å²) in [6.07, 6.45) is 4.79. The molecule has 2 aromatic rings. The number of nitrogens with zero attached hydrogens (tertiary/aromatic N) is 2. The van der Waals surface area contributed by atoms with E-state index in [0.717, 1.165) is 42.3 Å². The summed E-state index contributed by atoms with van der Waals surface area (Å²) in [6.45, 7) is 1.37. The Kier molecular flexibility index (Phi) is 3.65. The third-order valence-electron chi connectivity index (χ3n) is 3.73. The second-order valence-corrected chi connectivity index (χ2v) is 5.25. The van der Waals surface area contributed by atoms with Crippen LogP contribution in [0.15, 0.2) is 36.5 Å². The van der Waals surface area contributed by atoms with Gasteiger partial charge in [0.1, 0.15) is 0 Å². The lowest BCUT2D eigenvalue weighted by Gasteiger charge is -2.22. The van der Waals surface area contributed by atoms with Crippen LogP contribution in [0.2, 0.25) is 0 Å². The van der Waals surface area contributed by atoms with E-state index in [0.29, 0.717) is 12.6 Å². The van der Waals surface area contributed by atoms with E-state index in [9.17, 15) is 4.79 Å². The fraction of sp³-hybridized carbons (Fsp3) is 0.375. The van der Waals surface area contributed by atoms with Gasteiger partial charge < -0.3 is 10.6 Å².